The van der Waals surface area contributed by atoms with Crippen LogP contribution in [0.4, 0.5) is 0 Å². The van der Waals surface area contributed by atoms with Crippen LogP contribution in [-0.2, 0) is 19.6 Å². The van der Waals surface area contributed by atoms with Gasteiger partial charge in [0.25, 0.3) is 0 Å². The predicted molar refractivity (Wildman–Crippen MR) is 83.2 cm³/mol. The second kappa shape index (κ2) is 8.72. The zero-order chi connectivity index (χ0) is 16.6. The van der Waals surface area contributed by atoms with Crippen LogP contribution < -0.4 is 14.8 Å². The van der Waals surface area contributed by atoms with Crippen molar-refractivity contribution in [3.63, 3.8) is 0 Å². The summed E-state index contributed by atoms with van der Waals surface area (Å²) in [5.74, 6) is 0.403. The number of benzene rings is 1. The van der Waals surface area contributed by atoms with Crippen LogP contribution in [0.3, 0.4) is 0 Å². The summed E-state index contributed by atoms with van der Waals surface area (Å²) >= 11 is 0. The number of hydrogen-bond donors (Lipinski definition) is 2. The van der Waals surface area contributed by atoms with Crippen LogP contribution >= 0.6 is 0 Å². The Kier molecular flexibility index (Phi) is 7.30. The highest BCUT2D eigenvalue weighted by Gasteiger charge is 2.19. The Balaban J connectivity index is 2.81. The van der Waals surface area contributed by atoms with Crippen LogP contribution in [0.25, 0.3) is 0 Å². The maximum atomic E-state index is 11.9. The number of methoxy groups -OCH3 is 2. The number of carbonyl (C=O) groups excluding carboxylic acids is 1. The Hall–Kier alpha value is -1.64. The summed E-state index contributed by atoms with van der Waals surface area (Å²) in [6.45, 7) is 0.780. The second-order valence-corrected chi connectivity index (χ2v) is 6.54. The Morgan fingerprint density at radius 2 is 1.86 bits per heavy atom. The molecule has 0 spiro atoms. The molecule has 1 amide bonds. The number of carbonyl (C=O) groups is 1. The van der Waals surface area contributed by atoms with E-state index in [9.17, 15) is 13.2 Å². The van der Waals surface area contributed by atoms with Gasteiger partial charge in [-0.2, -0.15) is 0 Å². The van der Waals surface area contributed by atoms with Gasteiger partial charge in [0, 0.05) is 20.1 Å². The van der Waals surface area contributed by atoms with Crippen molar-refractivity contribution in [2.45, 2.75) is 12.5 Å². The fourth-order valence-corrected chi connectivity index (χ4v) is 2.61. The summed E-state index contributed by atoms with van der Waals surface area (Å²) in [5, 5.41) is 2.67. The highest BCUT2D eigenvalue weighted by Crippen LogP contribution is 2.21. The Morgan fingerprint density at radius 1 is 1.23 bits per heavy atom. The molecule has 1 aromatic rings. The molecule has 0 bridgehead atoms. The minimum absolute atomic E-state index is 0.00309. The molecule has 0 aliphatic rings. The highest BCUT2D eigenvalue weighted by atomic mass is 32.2. The van der Waals surface area contributed by atoms with Gasteiger partial charge >= 0.3 is 0 Å². The molecule has 2 N–H and O–H groups in total. The molecule has 0 radical (unpaired) electrons. The molecule has 0 fully saturated rings. The van der Waals surface area contributed by atoms with Crippen LogP contribution in [0.2, 0.25) is 0 Å². The molecule has 0 unspecified atom stereocenters. The van der Waals surface area contributed by atoms with Crippen LogP contribution in [0.5, 0.6) is 5.75 Å². The molecule has 124 valence electrons. The van der Waals surface area contributed by atoms with Gasteiger partial charge in [-0.25, -0.2) is 13.1 Å². The summed E-state index contributed by atoms with van der Waals surface area (Å²) in [6.07, 6.45) is 1.06. The van der Waals surface area contributed by atoms with E-state index in [0.717, 1.165) is 6.26 Å². The second-order valence-electron chi connectivity index (χ2n) is 4.76. The lowest BCUT2D eigenvalue weighted by molar-refractivity contribution is -0.121. The number of hydrogen-bond acceptors (Lipinski definition) is 5. The fraction of sp³-hybridized carbons (Fsp3) is 0.500. The van der Waals surface area contributed by atoms with Gasteiger partial charge in [-0.1, -0.05) is 12.1 Å². The first-order valence-corrected chi connectivity index (χ1v) is 8.61. The average Bonchev–Trinajstić information content (AvgIpc) is 2.45. The van der Waals surface area contributed by atoms with Crippen LogP contribution in [0, 0.1) is 0 Å². The normalized spacial score (nSPS) is 12.7. The van der Waals surface area contributed by atoms with Gasteiger partial charge < -0.3 is 14.8 Å². The molecule has 0 heterocycles. The molecule has 0 aliphatic heterocycles. The molecule has 8 heteroatoms. The lowest BCUT2D eigenvalue weighted by Gasteiger charge is -2.18. The number of rotatable bonds is 9. The number of sulfonamides is 1. The van der Waals surface area contributed by atoms with E-state index in [4.69, 9.17) is 9.47 Å². The van der Waals surface area contributed by atoms with Crippen molar-refractivity contribution >= 4 is 15.9 Å². The predicted octanol–water partition coefficient (Wildman–Crippen LogP) is 0.438. The quantitative estimate of drug-likeness (QED) is 0.641. The monoisotopic (exact) mass is 330 g/mol. The third kappa shape index (κ3) is 6.88. The SMILES string of the molecule is COCCNC(=O)C[C@H](NS(C)(=O)=O)c1ccc(OC)cc1. The van der Waals surface area contributed by atoms with E-state index in [0.29, 0.717) is 24.5 Å². The van der Waals surface area contributed by atoms with E-state index < -0.39 is 16.1 Å². The number of nitrogens with one attached hydrogen (secondary N) is 2. The zero-order valence-electron chi connectivity index (χ0n) is 13.0. The largest absolute Gasteiger partial charge is 0.497 e. The Labute approximate surface area is 131 Å². The molecule has 0 saturated heterocycles. The van der Waals surface area contributed by atoms with Crippen molar-refractivity contribution in [3.8, 4) is 5.75 Å². The van der Waals surface area contributed by atoms with Crippen LogP contribution in [0.1, 0.15) is 18.0 Å². The maximum Gasteiger partial charge on any atom is 0.222 e. The first-order valence-electron chi connectivity index (χ1n) is 6.72. The molecule has 22 heavy (non-hydrogen) atoms. The van der Waals surface area contributed by atoms with E-state index in [1.165, 1.54) is 7.11 Å². The Morgan fingerprint density at radius 3 is 2.36 bits per heavy atom. The van der Waals surface area contributed by atoms with E-state index in [2.05, 4.69) is 10.0 Å². The maximum absolute atomic E-state index is 11.9. The van der Waals surface area contributed by atoms with Crippen molar-refractivity contribution in [2.24, 2.45) is 0 Å². The van der Waals surface area contributed by atoms with E-state index in [1.807, 2.05) is 0 Å². The van der Waals surface area contributed by atoms with Gasteiger partial charge in [-0.05, 0) is 17.7 Å². The lowest BCUT2D eigenvalue weighted by atomic mass is 10.0. The molecule has 0 aromatic heterocycles. The minimum atomic E-state index is -3.44. The Bertz CT molecular complexity index is 571. The van der Waals surface area contributed by atoms with Gasteiger partial charge in [-0.3, -0.25) is 4.79 Å². The van der Waals surface area contributed by atoms with E-state index >= 15 is 0 Å². The number of amides is 1. The van der Waals surface area contributed by atoms with Crippen LogP contribution in [-0.4, -0.2) is 48.0 Å². The molecule has 1 aromatic carbocycles. The van der Waals surface area contributed by atoms with Gasteiger partial charge in [0.1, 0.15) is 5.75 Å². The summed E-state index contributed by atoms with van der Waals surface area (Å²) in [7, 11) is -0.359. The van der Waals surface area contributed by atoms with Gasteiger partial charge in [0.15, 0.2) is 0 Å². The van der Waals surface area contributed by atoms with Gasteiger partial charge in [-0.15, -0.1) is 0 Å². The molecule has 1 rings (SSSR count). The molecule has 0 aliphatic carbocycles. The van der Waals surface area contributed by atoms with Gasteiger partial charge in [0.05, 0.1) is 26.0 Å². The van der Waals surface area contributed by atoms with Crippen molar-refractivity contribution < 1.29 is 22.7 Å². The third-order valence-corrected chi connectivity index (χ3v) is 3.61. The minimum Gasteiger partial charge on any atom is -0.497 e. The lowest BCUT2D eigenvalue weighted by Crippen LogP contribution is -2.34. The standard InChI is InChI=1S/C14H22N2O5S/c1-20-9-8-15-14(17)10-13(16-22(3,18)19)11-4-6-12(21-2)7-5-11/h4-7,13,16H,8-10H2,1-3H3,(H,15,17)/t13-/m0/s1. The van der Waals surface area contributed by atoms with Crippen LogP contribution in [0.15, 0.2) is 24.3 Å². The van der Waals surface area contributed by atoms with Gasteiger partial charge in [0.2, 0.25) is 15.9 Å². The average molecular weight is 330 g/mol. The van der Waals surface area contributed by atoms with Crippen molar-refractivity contribution in [2.75, 3.05) is 33.6 Å². The first-order chi connectivity index (χ1) is 10.4. The fourth-order valence-electron chi connectivity index (χ4n) is 1.87. The smallest absolute Gasteiger partial charge is 0.222 e. The topological polar surface area (TPSA) is 93.7 Å². The molecule has 1 atom stereocenters. The molecule has 0 saturated carbocycles. The molecule has 7 nitrogen and oxygen atoms in total. The molecular weight excluding hydrogens is 308 g/mol. The molecular formula is C14H22N2O5S. The summed E-state index contributed by atoms with van der Waals surface area (Å²) in [5.41, 5.74) is 0.688. The van der Waals surface area contributed by atoms with Crippen molar-refractivity contribution in [1.82, 2.24) is 10.0 Å². The first kappa shape index (κ1) is 18.4. The highest BCUT2D eigenvalue weighted by molar-refractivity contribution is 7.88. The number of ether oxygens (including phenoxy) is 2. The van der Waals surface area contributed by atoms with E-state index in [1.54, 1.807) is 31.4 Å². The van der Waals surface area contributed by atoms with E-state index in [-0.39, 0.29) is 12.3 Å². The summed E-state index contributed by atoms with van der Waals surface area (Å²) < 4.78 is 35.4. The summed E-state index contributed by atoms with van der Waals surface area (Å²) in [6, 6.07) is 6.25. The van der Waals surface area contributed by atoms with Crippen molar-refractivity contribution in [3.05, 3.63) is 29.8 Å². The van der Waals surface area contributed by atoms with Crippen molar-refractivity contribution in [1.29, 1.82) is 0 Å². The summed E-state index contributed by atoms with van der Waals surface area (Å²) in [4.78, 5) is 11.9. The zero-order valence-corrected chi connectivity index (χ0v) is 13.8. The third-order valence-electron chi connectivity index (χ3n) is 2.89.